The first-order valence-corrected chi connectivity index (χ1v) is 9.02. The summed E-state index contributed by atoms with van der Waals surface area (Å²) in [6, 6.07) is 19.0. The first kappa shape index (κ1) is 18.9. The van der Waals surface area contributed by atoms with Gasteiger partial charge < -0.3 is 4.74 Å². The Kier molecular flexibility index (Phi) is 5.47. The van der Waals surface area contributed by atoms with Gasteiger partial charge in [-0.2, -0.15) is 9.78 Å². The Bertz CT molecular complexity index is 952. The van der Waals surface area contributed by atoms with Gasteiger partial charge in [-0.05, 0) is 50.6 Å². The number of carbonyl (C=O) groups excluding carboxylic acids is 1. The third-order valence-corrected chi connectivity index (χ3v) is 3.94. The summed E-state index contributed by atoms with van der Waals surface area (Å²) in [5.74, 6) is 0. The second-order valence-electron chi connectivity index (χ2n) is 7.10. The van der Waals surface area contributed by atoms with Gasteiger partial charge in [0.1, 0.15) is 5.60 Å². The van der Waals surface area contributed by atoms with Gasteiger partial charge in [-0.15, -0.1) is 0 Å². The van der Waals surface area contributed by atoms with Crippen molar-refractivity contribution in [3.8, 4) is 11.3 Å². The molecule has 0 N–H and O–H groups in total. The molecule has 0 aliphatic carbocycles. The number of aromatic nitrogens is 2. The predicted molar refractivity (Wildman–Crippen MR) is 110 cm³/mol. The van der Waals surface area contributed by atoms with Crippen LogP contribution in [0.5, 0.6) is 0 Å². The predicted octanol–water partition coefficient (Wildman–Crippen LogP) is 6.16. The van der Waals surface area contributed by atoms with E-state index in [1.54, 1.807) is 12.1 Å². The van der Waals surface area contributed by atoms with Gasteiger partial charge >= 0.3 is 6.09 Å². The largest absolute Gasteiger partial charge is 0.442 e. The molecule has 1 aromatic heterocycles. The average Bonchev–Trinajstić information content (AvgIpc) is 3.04. The van der Waals surface area contributed by atoms with E-state index in [4.69, 9.17) is 16.3 Å². The molecule has 0 spiro atoms. The van der Waals surface area contributed by atoms with Crippen molar-refractivity contribution < 1.29 is 9.53 Å². The Hall–Kier alpha value is -2.85. The molecule has 0 unspecified atom stereocenters. The van der Waals surface area contributed by atoms with Gasteiger partial charge in [0.15, 0.2) is 0 Å². The van der Waals surface area contributed by atoms with Crippen molar-refractivity contribution >= 4 is 29.8 Å². The third-order valence-electron chi connectivity index (χ3n) is 3.69. The van der Waals surface area contributed by atoms with E-state index in [1.165, 1.54) is 4.68 Å². The molecule has 0 atom stereocenters. The van der Waals surface area contributed by atoms with Gasteiger partial charge in [0.25, 0.3) is 0 Å². The summed E-state index contributed by atoms with van der Waals surface area (Å²) in [5, 5.41) is 5.10. The van der Waals surface area contributed by atoms with Crippen LogP contribution < -0.4 is 0 Å². The number of nitrogens with zero attached hydrogens (tertiary/aromatic N) is 2. The molecule has 0 bridgehead atoms. The van der Waals surface area contributed by atoms with Crippen LogP contribution in [-0.4, -0.2) is 21.5 Å². The summed E-state index contributed by atoms with van der Waals surface area (Å²) >= 11 is 5.97. The molecule has 3 aromatic rings. The SMILES string of the molecule is CC(C)(C)OC(=O)n1nc(-c2ccc(Cl)cc2)cc1/C=C/c1ccccc1. The minimum atomic E-state index is -0.607. The fourth-order valence-corrected chi connectivity index (χ4v) is 2.60. The number of ether oxygens (including phenoxy) is 1. The van der Waals surface area contributed by atoms with E-state index in [-0.39, 0.29) is 0 Å². The maximum absolute atomic E-state index is 12.6. The van der Waals surface area contributed by atoms with Crippen LogP contribution in [0, 0.1) is 0 Å². The minimum Gasteiger partial charge on any atom is -0.442 e. The van der Waals surface area contributed by atoms with Crippen LogP contribution in [0.3, 0.4) is 0 Å². The lowest BCUT2D eigenvalue weighted by Crippen LogP contribution is -2.28. The smallest absolute Gasteiger partial charge is 0.435 e. The van der Waals surface area contributed by atoms with Crippen LogP contribution in [0.1, 0.15) is 32.0 Å². The second kappa shape index (κ2) is 7.80. The molecule has 4 nitrogen and oxygen atoms in total. The Morgan fingerprint density at radius 1 is 1.04 bits per heavy atom. The zero-order chi connectivity index (χ0) is 19.4. The monoisotopic (exact) mass is 380 g/mol. The summed E-state index contributed by atoms with van der Waals surface area (Å²) in [6.07, 6.45) is 3.27. The highest BCUT2D eigenvalue weighted by Crippen LogP contribution is 2.23. The van der Waals surface area contributed by atoms with E-state index in [2.05, 4.69) is 5.10 Å². The van der Waals surface area contributed by atoms with Gasteiger partial charge in [-0.25, -0.2) is 4.79 Å². The van der Waals surface area contributed by atoms with E-state index >= 15 is 0 Å². The maximum atomic E-state index is 12.6. The van der Waals surface area contributed by atoms with Crippen molar-refractivity contribution in [2.24, 2.45) is 0 Å². The van der Waals surface area contributed by atoms with E-state index in [9.17, 15) is 4.79 Å². The van der Waals surface area contributed by atoms with Gasteiger partial charge in [-0.1, -0.05) is 60.1 Å². The van der Waals surface area contributed by atoms with E-state index < -0.39 is 11.7 Å². The number of carbonyl (C=O) groups is 1. The summed E-state index contributed by atoms with van der Waals surface area (Å²) < 4.78 is 6.78. The Labute approximate surface area is 164 Å². The molecule has 0 radical (unpaired) electrons. The lowest BCUT2D eigenvalue weighted by atomic mass is 10.1. The van der Waals surface area contributed by atoms with Crippen molar-refractivity contribution in [2.45, 2.75) is 26.4 Å². The van der Waals surface area contributed by atoms with E-state index in [0.717, 1.165) is 11.1 Å². The zero-order valence-corrected chi connectivity index (χ0v) is 16.3. The fraction of sp³-hybridized carbons (Fsp3) is 0.182. The molecule has 0 amide bonds. The quantitative estimate of drug-likeness (QED) is 0.546. The van der Waals surface area contributed by atoms with Crippen molar-refractivity contribution in [3.05, 3.63) is 76.9 Å². The molecule has 0 aliphatic rings. The highest BCUT2D eigenvalue weighted by Gasteiger charge is 2.21. The molecular formula is C22H21ClN2O2. The van der Waals surface area contributed by atoms with Crippen LogP contribution in [0.15, 0.2) is 60.7 Å². The molecule has 0 aliphatic heterocycles. The summed E-state index contributed by atoms with van der Waals surface area (Å²) in [4.78, 5) is 12.6. The molecule has 0 saturated heterocycles. The standard InChI is InChI=1S/C22H21ClN2O2/c1-22(2,3)27-21(26)25-19(14-9-16-7-5-4-6-8-16)15-20(24-25)17-10-12-18(23)13-11-17/h4-15H,1-3H3/b14-9+. The third kappa shape index (κ3) is 5.08. The molecule has 1 heterocycles. The highest BCUT2D eigenvalue weighted by molar-refractivity contribution is 6.30. The molecule has 27 heavy (non-hydrogen) atoms. The van der Waals surface area contributed by atoms with Crippen molar-refractivity contribution in [1.29, 1.82) is 0 Å². The summed E-state index contributed by atoms with van der Waals surface area (Å²) in [6.45, 7) is 5.48. The fourth-order valence-electron chi connectivity index (χ4n) is 2.47. The molecule has 3 rings (SSSR count). The molecule has 0 fully saturated rings. The Morgan fingerprint density at radius 2 is 1.70 bits per heavy atom. The average molecular weight is 381 g/mol. The van der Waals surface area contributed by atoms with Crippen LogP contribution >= 0.6 is 11.6 Å². The summed E-state index contributed by atoms with van der Waals surface area (Å²) in [7, 11) is 0. The molecule has 138 valence electrons. The Balaban J connectivity index is 1.99. The van der Waals surface area contributed by atoms with Crippen LogP contribution in [0.4, 0.5) is 4.79 Å². The van der Waals surface area contributed by atoms with Gasteiger partial charge in [-0.3, -0.25) is 0 Å². The molecular weight excluding hydrogens is 360 g/mol. The first-order chi connectivity index (χ1) is 12.8. The number of hydrogen-bond donors (Lipinski definition) is 0. The van der Waals surface area contributed by atoms with Crippen molar-refractivity contribution in [3.63, 3.8) is 0 Å². The van der Waals surface area contributed by atoms with Gasteiger partial charge in [0.2, 0.25) is 0 Å². The maximum Gasteiger partial charge on any atom is 0.435 e. The summed E-state index contributed by atoms with van der Waals surface area (Å²) in [5.41, 5.74) is 2.60. The van der Waals surface area contributed by atoms with Crippen LogP contribution in [-0.2, 0) is 4.74 Å². The first-order valence-electron chi connectivity index (χ1n) is 8.64. The van der Waals surface area contributed by atoms with Crippen LogP contribution in [0.25, 0.3) is 23.4 Å². The minimum absolute atomic E-state index is 0.518. The lowest BCUT2D eigenvalue weighted by molar-refractivity contribution is 0.0514. The molecule has 0 saturated carbocycles. The van der Waals surface area contributed by atoms with Gasteiger partial charge in [0, 0.05) is 10.6 Å². The Morgan fingerprint density at radius 3 is 2.33 bits per heavy atom. The molecule has 2 aromatic carbocycles. The number of benzene rings is 2. The topological polar surface area (TPSA) is 44.1 Å². The van der Waals surface area contributed by atoms with Crippen molar-refractivity contribution in [2.75, 3.05) is 0 Å². The number of halogens is 1. The molecule has 5 heteroatoms. The van der Waals surface area contributed by atoms with Gasteiger partial charge in [0.05, 0.1) is 11.4 Å². The number of rotatable bonds is 3. The van der Waals surface area contributed by atoms with Crippen molar-refractivity contribution in [1.82, 2.24) is 9.78 Å². The van der Waals surface area contributed by atoms with E-state index in [1.807, 2.05) is 81.5 Å². The number of hydrogen-bond acceptors (Lipinski definition) is 3. The van der Waals surface area contributed by atoms with Crippen LogP contribution in [0.2, 0.25) is 5.02 Å². The highest BCUT2D eigenvalue weighted by atomic mass is 35.5. The second-order valence-corrected chi connectivity index (χ2v) is 7.53. The normalized spacial score (nSPS) is 11.7. The zero-order valence-electron chi connectivity index (χ0n) is 15.5. The van der Waals surface area contributed by atoms with E-state index in [0.29, 0.717) is 16.4 Å². The lowest BCUT2D eigenvalue weighted by Gasteiger charge is -2.19.